The Morgan fingerprint density at radius 2 is 1.85 bits per heavy atom. The van der Waals surface area contributed by atoms with E-state index in [1.54, 1.807) is 37.4 Å². The largest absolute Gasteiger partial charge is 0.493 e. The van der Waals surface area contributed by atoms with Gasteiger partial charge in [-0.1, -0.05) is 37.6 Å². The Balaban J connectivity index is 1.73. The summed E-state index contributed by atoms with van der Waals surface area (Å²) >= 11 is 0. The van der Waals surface area contributed by atoms with Crippen molar-refractivity contribution in [3.63, 3.8) is 0 Å². The van der Waals surface area contributed by atoms with Crippen LogP contribution in [0.3, 0.4) is 0 Å². The second-order valence-corrected chi connectivity index (χ2v) is 8.69. The van der Waals surface area contributed by atoms with Crippen LogP contribution in [0, 0.1) is 0 Å². The normalized spacial score (nSPS) is 19.8. The van der Waals surface area contributed by atoms with Gasteiger partial charge in [-0.3, -0.25) is 0 Å². The van der Waals surface area contributed by atoms with E-state index in [4.69, 9.17) is 14.2 Å². The number of hydrogen-bond donors (Lipinski definition) is 0. The highest BCUT2D eigenvalue weighted by molar-refractivity contribution is 7.92. The number of unbranched alkanes of at least 4 members (excludes halogenated alkanes) is 1. The van der Waals surface area contributed by atoms with Gasteiger partial charge in [0.2, 0.25) is 9.84 Å². The number of sulfone groups is 1. The van der Waals surface area contributed by atoms with E-state index >= 15 is 0 Å². The molecular weight excluding hydrogens is 364 g/mol. The molecule has 5 nitrogen and oxygen atoms in total. The van der Waals surface area contributed by atoms with E-state index in [2.05, 4.69) is 6.92 Å². The molecule has 2 atom stereocenters. The monoisotopic (exact) mass is 390 g/mol. The molecule has 1 unspecified atom stereocenters. The highest BCUT2D eigenvalue weighted by Gasteiger charge is 2.37. The van der Waals surface area contributed by atoms with Crippen molar-refractivity contribution in [3.8, 4) is 11.5 Å². The second kappa shape index (κ2) is 8.76. The van der Waals surface area contributed by atoms with Gasteiger partial charge in [0.1, 0.15) is 0 Å². The summed E-state index contributed by atoms with van der Waals surface area (Å²) in [5, 5.41) is 0. The molecule has 1 heterocycles. The fourth-order valence-electron chi connectivity index (χ4n) is 3.17. The molecular formula is C21H26O5S. The predicted octanol–water partition coefficient (Wildman–Crippen LogP) is 4.53. The van der Waals surface area contributed by atoms with Gasteiger partial charge in [-0.15, -0.1) is 0 Å². The number of methoxy groups -OCH3 is 1. The summed E-state index contributed by atoms with van der Waals surface area (Å²) in [6, 6.07) is 14.1. The predicted molar refractivity (Wildman–Crippen MR) is 104 cm³/mol. The maximum absolute atomic E-state index is 12.8. The molecule has 1 saturated heterocycles. The van der Waals surface area contributed by atoms with E-state index in [1.165, 1.54) is 0 Å². The Morgan fingerprint density at radius 1 is 1.07 bits per heavy atom. The highest BCUT2D eigenvalue weighted by atomic mass is 32.2. The molecule has 0 bridgehead atoms. The lowest BCUT2D eigenvalue weighted by Gasteiger charge is -2.17. The minimum absolute atomic E-state index is 0.271. The molecule has 2 aromatic rings. The SMILES string of the molecule is CCCCOc1ccc([C@@H]2CCC(S(=O)(=O)c3ccccc3)O2)cc1OC. The third kappa shape index (κ3) is 4.45. The molecule has 0 radical (unpaired) electrons. The molecule has 146 valence electrons. The van der Waals surface area contributed by atoms with Crippen molar-refractivity contribution >= 4 is 9.84 Å². The molecule has 0 spiro atoms. The molecule has 1 aliphatic heterocycles. The summed E-state index contributed by atoms with van der Waals surface area (Å²) in [4.78, 5) is 0.299. The molecule has 27 heavy (non-hydrogen) atoms. The summed E-state index contributed by atoms with van der Waals surface area (Å²) in [5.41, 5.74) is 0.0804. The van der Waals surface area contributed by atoms with Gasteiger partial charge in [0.15, 0.2) is 16.9 Å². The number of rotatable bonds is 8. The van der Waals surface area contributed by atoms with Crippen LogP contribution in [-0.4, -0.2) is 27.6 Å². The lowest BCUT2D eigenvalue weighted by Crippen LogP contribution is -2.20. The van der Waals surface area contributed by atoms with Crippen molar-refractivity contribution in [1.29, 1.82) is 0 Å². The van der Waals surface area contributed by atoms with E-state index in [9.17, 15) is 8.42 Å². The van der Waals surface area contributed by atoms with Gasteiger partial charge in [0.25, 0.3) is 0 Å². The minimum atomic E-state index is -3.50. The van der Waals surface area contributed by atoms with E-state index in [0.717, 1.165) is 18.4 Å². The summed E-state index contributed by atoms with van der Waals surface area (Å²) in [7, 11) is -1.90. The van der Waals surface area contributed by atoms with Crippen molar-refractivity contribution in [2.24, 2.45) is 0 Å². The quantitative estimate of drug-likeness (QED) is 0.620. The molecule has 0 amide bonds. The highest BCUT2D eigenvalue weighted by Crippen LogP contribution is 2.39. The molecule has 2 aromatic carbocycles. The summed E-state index contributed by atoms with van der Waals surface area (Å²) in [5.74, 6) is 1.34. The lowest BCUT2D eigenvalue weighted by molar-refractivity contribution is 0.0868. The Labute approximate surface area is 161 Å². The van der Waals surface area contributed by atoms with Crippen LogP contribution in [0.25, 0.3) is 0 Å². The summed E-state index contributed by atoms with van der Waals surface area (Å²) in [6.07, 6.45) is 2.89. The van der Waals surface area contributed by atoms with Gasteiger partial charge in [0.05, 0.1) is 24.7 Å². The van der Waals surface area contributed by atoms with Crippen molar-refractivity contribution < 1.29 is 22.6 Å². The molecule has 1 fully saturated rings. The first-order valence-electron chi connectivity index (χ1n) is 9.31. The maximum atomic E-state index is 12.8. The van der Waals surface area contributed by atoms with Crippen LogP contribution < -0.4 is 9.47 Å². The van der Waals surface area contributed by atoms with Gasteiger partial charge in [-0.25, -0.2) is 8.42 Å². The van der Waals surface area contributed by atoms with Gasteiger partial charge >= 0.3 is 0 Å². The van der Waals surface area contributed by atoms with Gasteiger partial charge in [0, 0.05) is 0 Å². The van der Waals surface area contributed by atoms with E-state index in [0.29, 0.717) is 35.8 Å². The molecule has 0 aromatic heterocycles. The first-order chi connectivity index (χ1) is 13.1. The van der Waals surface area contributed by atoms with Crippen LogP contribution in [0.2, 0.25) is 0 Å². The van der Waals surface area contributed by atoms with Crippen LogP contribution in [0.5, 0.6) is 11.5 Å². The Morgan fingerprint density at radius 3 is 2.56 bits per heavy atom. The van der Waals surface area contributed by atoms with Crippen molar-refractivity contribution in [2.75, 3.05) is 13.7 Å². The molecule has 1 aliphatic rings. The Hall–Kier alpha value is -2.05. The zero-order valence-corrected chi connectivity index (χ0v) is 16.6. The smallest absolute Gasteiger partial charge is 0.205 e. The summed E-state index contributed by atoms with van der Waals surface area (Å²) in [6.45, 7) is 2.75. The number of benzene rings is 2. The molecule has 6 heteroatoms. The second-order valence-electron chi connectivity index (χ2n) is 6.60. The van der Waals surface area contributed by atoms with Crippen LogP contribution in [-0.2, 0) is 14.6 Å². The minimum Gasteiger partial charge on any atom is -0.493 e. The van der Waals surface area contributed by atoms with E-state index < -0.39 is 15.3 Å². The molecule has 0 N–H and O–H groups in total. The van der Waals surface area contributed by atoms with Gasteiger partial charge in [-0.05, 0) is 49.1 Å². The van der Waals surface area contributed by atoms with Crippen molar-refractivity contribution in [2.45, 2.75) is 49.0 Å². The Bertz CT molecular complexity index is 848. The van der Waals surface area contributed by atoms with Crippen LogP contribution in [0.4, 0.5) is 0 Å². The van der Waals surface area contributed by atoms with E-state index in [1.807, 2.05) is 18.2 Å². The van der Waals surface area contributed by atoms with Gasteiger partial charge in [-0.2, -0.15) is 0 Å². The van der Waals surface area contributed by atoms with Crippen LogP contribution in [0.15, 0.2) is 53.4 Å². The van der Waals surface area contributed by atoms with Gasteiger partial charge < -0.3 is 14.2 Å². The number of hydrogen-bond acceptors (Lipinski definition) is 5. The third-order valence-corrected chi connectivity index (χ3v) is 6.68. The fourth-order valence-corrected chi connectivity index (χ4v) is 4.74. The third-order valence-electron chi connectivity index (χ3n) is 4.71. The summed E-state index contributed by atoms with van der Waals surface area (Å²) < 4.78 is 42.6. The number of ether oxygens (including phenoxy) is 3. The maximum Gasteiger partial charge on any atom is 0.205 e. The first kappa shape index (κ1) is 19.7. The average molecular weight is 391 g/mol. The topological polar surface area (TPSA) is 61.8 Å². The zero-order chi connectivity index (χ0) is 19.3. The van der Waals surface area contributed by atoms with Crippen molar-refractivity contribution in [3.05, 3.63) is 54.1 Å². The average Bonchev–Trinajstić information content (AvgIpc) is 3.20. The zero-order valence-electron chi connectivity index (χ0n) is 15.8. The molecule has 3 rings (SSSR count). The molecule has 0 saturated carbocycles. The van der Waals surface area contributed by atoms with Crippen LogP contribution in [0.1, 0.15) is 44.3 Å². The molecule has 0 aliphatic carbocycles. The first-order valence-corrected chi connectivity index (χ1v) is 10.9. The van der Waals surface area contributed by atoms with Crippen molar-refractivity contribution in [1.82, 2.24) is 0 Å². The van der Waals surface area contributed by atoms with E-state index in [-0.39, 0.29) is 6.10 Å². The Kier molecular flexibility index (Phi) is 6.39. The lowest BCUT2D eigenvalue weighted by atomic mass is 10.1. The standard InChI is InChI=1S/C21H26O5S/c1-3-4-14-25-19-11-10-16(15-20(19)24-2)18-12-13-21(26-18)27(22,23)17-8-6-5-7-9-17/h5-11,15,18,21H,3-4,12-14H2,1-2H3/t18-,21?/m0/s1. The fraction of sp³-hybridized carbons (Fsp3) is 0.429. The van der Waals surface area contributed by atoms with Crippen LogP contribution >= 0.6 is 0 Å².